The topological polar surface area (TPSA) is 79.0 Å². The smallest absolute Gasteiger partial charge is 0.285 e. The average Bonchev–Trinajstić information content (AvgIpc) is 2.53. The van der Waals surface area contributed by atoms with Crippen LogP contribution in [-0.2, 0) is 11.3 Å². The molecule has 1 aliphatic heterocycles. The van der Waals surface area contributed by atoms with E-state index in [0.717, 1.165) is 36.9 Å². The zero-order valence-electron chi connectivity index (χ0n) is 13.4. The van der Waals surface area contributed by atoms with Gasteiger partial charge in [0.15, 0.2) is 0 Å². The van der Waals surface area contributed by atoms with Crippen molar-refractivity contribution in [3.8, 4) is 6.07 Å². The summed E-state index contributed by atoms with van der Waals surface area (Å²) in [6.45, 7) is 6.16. The van der Waals surface area contributed by atoms with Crippen LogP contribution < -0.4 is 5.56 Å². The van der Waals surface area contributed by atoms with Gasteiger partial charge in [-0.05, 0) is 45.1 Å². The highest BCUT2D eigenvalue weighted by Crippen LogP contribution is 2.19. The summed E-state index contributed by atoms with van der Waals surface area (Å²) in [5.74, 6) is -0.0895. The van der Waals surface area contributed by atoms with Crippen LogP contribution in [0.5, 0.6) is 0 Å². The largest absolute Gasteiger partial charge is 0.338 e. The van der Waals surface area contributed by atoms with Gasteiger partial charge in [0.1, 0.15) is 18.2 Å². The Kier molecular flexibility index (Phi) is 4.96. The van der Waals surface area contributed by atoms with E-state index in [-0.39, 0.29) is 24.1 Å². The average molecular weight is 302 g/mol. The van der Waals surface area contributed by atoms with E-state index in [9.17, 15) is 9.59 Å². The molecule has 1 fully saturated rings. The van der Waals surface area contributed by atoms with Gasteiger partial charge in [0, 0.05) is 12.6 Å². The van der Waals surface area contributed by atoms with Crippen LogP contribution in [-0.4, -0.2) is 33.2 Å². The van der Waals surface area contributed by atoms with Crippen LogP contribution in [0.2, 0.25) is 0 Å². The lowest BCUT2D eigenvalue weighted by atomic mass is 10.00. The lowest BCUT2D eigenvalue weighted by Gasteiger charge is -2.35. The number of hydrogen-bond donors (Lipinski definition) is 0. The fourth-order valence-electron chi connectivity index (χ4n) is 2.98. The first kappa shape index (κ1) is 16.2. The summed E-state index contributed by atoms with van der Waals surface area (Å²) < 4.78 is 1.13. The maximum atomic E-state index is 12.5. The number of aryl methyl sites for hydroxylation is 1. The summed E-state index contributed by atoms with van der Waals surface area (Å²) in [5, 5.41) is 13.3. The third-order valence-electron chi connectivity index (χ3n) is 4.45. The highest BCUT2D eigenvalue weighted by Gasteiger charge is 2.26. The molecule has 6 heteroatoms. The summed E-state index contributed by atoms with van der Waals surface area (Å²) >= 11 is 0. The van der Waals surface area contributed by atoms with E-state index in [1.165, 1.54) is 0 Å². The number of hydrogen-bond acceptors (Lipinski definition) is 4. The Bertz CT molecular complexity index is 672. The predicted molar refractivity (Wildman–Crippen MR) is 82.3 cm³/mol. The van der Waals surface area contributed by atoms with Gasteiger partial charge in [0.2, 0.25) is 5.91 Å². The van der Waals surface area contributed by atoms with E-state index in [0.29, 0.717) is 11.3 Å². The first-order chi connectivity index (χ1) is 10.5. The molecule has 1 aromatic rings. The van der Waals surface area contributed by atoms with Gasteiger partial charge >= 0.3 is 0 Å². The maximum absolute atomic E-state index is 12.5. The summed E-state index contributed by atoms with van der Waals surface area (Å²) in [5.41, 5.74) is 0.783. The van der Waals surface area contributed by atoms with Crippen LogP contribution in [0, 0.1) is 25.2 Å². The van der Waals surface area contributed by atoms with E-state index in [1.54, 1.807) is 13.8 Å². The van der Waals surface area contributed by atoms with E-state index in [4.69, 9.17) is 5.26 Å². The SMILES string of the molecule is CC[C@@H]1CCCCN1C(=O)Cn1nc(C)c(C)c(C#N)c1=O. The lowest BCUT2D eigenvalue weighted by Crippen LogP contribution is -2.46. The summed E-state index contributed by atoms with van der Waals surface area (Å²) in [6, 6.07) is 2.17. The molecule has 1 atom stereocenters. The number of carbonyl (C=O) groups is 1. The number of aromatic nitrogens is 2. The Morgan fingerprint density at radius 3 is 2.77 bits per heavy atom. The molecule has 0 bridgehead atoms. The molecule has 22 heavy (non-hydrogen) atoms. The molecule has 2 heterocycles. The van der Waals surface area contributed by atoms with E-state index in [1.807, 2.05) is 11.0 Å². The summed E-state index contributed by atoms with van der Waals surface area (Å²) in [7, 11) is 0. The van der Waals surface area contributed by atoms with Crippen LogP contribution in [0.3, 0.4) is 0 Å². The van der Waals surface area contributed by atoms with Crippen molar-refractivity contribution in [3.63, 3.8) is 0 Å². The van der Waals surface area contributed by atoms with E-state index in [2.05, 4.69) is 12.0 Å². The fourth-order valence-corrected chi connectivity index (χ4v) is 2.98. The molecule has 1 aromatic heterocycles. The third-order valence-corrected chi connectivity index (χ3v) is 4.45. The predicted octanol–water partition coefficient (Wildman–Crippen LogP) is 1.52. The summed E-state index contributed by atoms with van der Waals surface area (Å²) in [4.78, 5) is 26.6. The van der Waals surface area contributed by atoms with Crippen molar-refractivity contribution in [2.75, 3.05) is 6.54 Å². The Morgan fingerprint density at radius 2 is 2.14 bits per heavy atom. The number of rotatable bonds is 3. The third kappa shape index (κ3) is 3.03. The molecule has 1 amide bonds. The Morgan fingerprint density at radius 1 is 1.41 bits per heavy atom. The first-order valence-corrected chi connectivity index (χ1v) is 7.77. The molecule has 1 aliphatic rings. The second-order valence-corrected chi connectivity index (χ2v) is 5.81. The Labute approximate surface area is 130 Å². The number of piperidine rings is 1. The molecule has 118 valence electrons. The molecule has 0 saturated carbocycles. The van der Waals surface area contributed by atoms with Crippen molar-refractivity contribution < 1.29 is 4.79 Å². The van der Waals surface area contributed by atoms with Crippen molar-refractivity contribution in [3.05, 3.63) is 27.2 Å². The van der Waals surface area contributed by atoms with Crippen LogP contribution in [0.25, 0.3) is 0 Å². The fraction of sp³-hybridized carbons (Fsp3) is 0.625. The number of carbonyl (C=O) groups excluding carboxylic acids is 1. The van der Waals surface area contributed by atoms with Crippen molar-refractivity contribution in [1.29, 1.82) is 5.26 Å². The summed E-state index contributed by atoms with van der Waals surface area (Å²) in [6.07, 6.45) is 4.08. The lowest BCUT2D eigenvalue weighted by molar-refractivity contribution is -0.135. The minimum Gasteiger partial charge on any atom is -0.338 e. The molecule has 0 aromatic carbocycles. The highest BCUT2D eigenvalue weighted by atomic mass is 16.2. The van der Waals surface area contributed by atoms with Gasteiger partial charge in [-0.25, -0.2) is 4.68 Å². The molecule has 1 saturated heterocycles. The number of likely N-dealkylation sites (tertiary alicyclic amines) is 1. The zero-order valence-corrected chi connectivity index (χ0v) is 13.4. The molecule has 0 unspecified atom stereocenters. The minimum atomic E-state index is -0.482. The van der Waals surface area contributed by atoms with Crippen LogP contribution in [0.1, 0.15) is 49.4 Å². The number of nitrogens with zero attached hydrogens (tertiary/aromatic N) is 4. The maximum Gasteiger partial charge on any atom is 0.285 e. The van der Waals surface area contributed by atoms with Crippen molar-refractivity contribution in [2.24, 2.45) is 0 Å². The second-order valence-electron chi connectivity index (χ2n) is 5.81. The van der Waals surface area contributed by atoms with Crippen LogP contribution >= 0.6 is 0 Å². The molecule has 0 aliphatic carbocycles. The van der Waals surface area contributed by atoms with Crippen LogP contribution in [0.4, 0.5) is 0 Å². The van der Waals surface area contributed by atoms with Gasteiger partial charge in [-0.3, -0.25) is 9.59 Å². The minimum absolute atomic E-state index is 0.0750. The molecule has 6 nitrogen and oxygen atoms in total. The molecule has 0 spiro atoms. The zero-order chi connectivity index (χ0) is 16.3. The van der Waals surface area contributed by atoms with E-state index < -0.39 is 5.56 Å². The van der Waals surface area contributed by atoms with Crippen molar-refractivity contribution >= 4 is 5.91 Å². The van der Waals surface area contributed by atoms with E-state index >= 15 is 0 Å². The molecule has 0 N–H and O–H groups in total. The molecule has 0 radical (unpaired) electrons. The normalized spacial score (nSPS) is 18.1. The highest BCUT2D eigenvalue weighted by molar-refractivity contribution is 5.76. The Hall–Kier alpha value is -2.16. The van der Waals surface area contributed by atoms with Crippen LogP contribution in [0.15, 0.2) is 4.79 Å². The number of nitriles is 1. The van der Waals surface area contributed by atoms with Gasteiger partial charge < -0.3 is 4.90 Å². The number of amides is 1. The monoisotopic (exact) mass is 302 g/mol. The standard InChI is InChI=1S/C16H22N4O2/c1-4-13-7-5-6-8-19(13)15(21)10-20-16(22)14(9-17)11(2)12(3)18-20/h13H,4-8,10H2,1-3H3/t13-/m1/s1. The molecular weight excluding hydrogens is 280 g/mol. The van der Waals surface area contributed by atoms with Crippen molar-refractivity contribution in [2.45, 2.75) is 59.0 Å². The van der Waals surface area contributed by atoms with Gasteiger partial charge in [0.05, 0.1) is 5.69 Å². The molecular formula is C16H22N4O2. The quantitative estimate of drug-likeness (QED) is 0.848. The second kappa shape index (κ2) is 6.73. The van der Waals surface area contributed by atoms with Gasteiger partial charge in [-0.15, -0.1) is 0 Å². The first-order valence-electron chi connectivity index (χ1n) is 7.77. The molecule has 2 rings (SSSR count). The van der Waals surface area contributed by atoms with Gasteiger partial charge in [0.25, 0.3) is 5.56 Å². The Balaban J connectivity index is 2.27. The van der Waals surface area contributed by atoms with Gasteiger partial charge in [-0.2, -0.15) is 10.4 Å². The van der Waals surface area contributed by atoms with Gasteiger partial charge in [-0.1, -0.05) is 6.92 Å². The van der Waals surface area contributed by atoms with Crippen molar-refractivity contribution in [1.82, 2.24) is 14.7 Å².